The van der Waals surface area contributed by atoms with Gasteiger partial charge >= 0.3 is 6.03 Å². The third kappa shape index (κ3) is 1.18. The molecule has 4 heteroatoms. The monoisotopic (exact) mass is 182 g/mol. The lowest BCUT2D eigenvalue weighted by Crippen LogP contribution is -2.21. The predicted molar refractivity (Wildman–Crippen MR) is 48.3 cm³/mol. The molecule has 1 aliphatic heterocycles. The van der Waals surface area contributed by atoms with Crippen molar-refractivity contribution in [3.8, 4) is 0 Å². The molecule has 2 amide bonds. The van der Waals surface area contributed by atoms with E-state index in [-0.39, 0.29) is 12.1 Å². The molecule has 0 radical (unpaired) electrons. The summed E-state index contributed by atoms with van der Waals surface area (Å²) in [5.41, 5.74) is 1.26. The number of hydrogen-bond donors (Lipinski definition) is 2. The first-order chi connectivity index (χ1) is 5.77. The van der Waals surface area contributed by atoms with Gasteiger partial charge in [-0.3, -0.25) is 0 Å². The zero-order chi connectivity index (χ0) is 8.55. The minimum absolute atomic E-state index is 0.0622. The largest absolute Gasteiger partial charge is 0.336 e. The Morgan fingerprint density at radius 3 is 3.00 bits per heavy atom. The number of urea groups is 1. The lowest BCUT2D eigenvalue weighted by Gasteiger charge is -2.06. The Kier molecular flexibility index (Phi) is 1.77. The topological polar surface area (TPSA) is 41.1 Å². The summed E-state index contributed by atoms with van der Waals surface area (Å²) < 4.78 is 0. The minimum Gasteiger partial charge on any atom is -0.336 e. The zero-order valence-corrected chi connectivity index (χ0v) is 7.57. The summed E-state index contributed by atoms with van der Waals surface area (Å²) in [6.07, 6.45) is 0. The van der Waals surface area contributed by atoms with Crippen molar-refractivity contribution in [2.24, 2.45) is 0 Å². The Labute approximate surface area is 74.8 Å². The highest BCUT2D eigenvalue weighted by Gasteiger charge is 2.23. The zero-order valence-electron chi connectivity index (χ0n) is 6.76. The summed E-state index contributed by atoms with van der Waals surface area (Å²) in [6.45, 7) is 2.77. The maximum absolute atomic E-state index is 10.8. The first kappa shape index (κ1) is 7.61. The molecule has 1 fully saturated rings. The lowest BCUT2D eigenvalue weighted by atomic mass is 10.2. The van der Waals surface area contributed by atoms with Crippen molar-refractivity contribution in [1.29, 1.82) is 0 Å². The molecule has 64 valence electrons. The Bertz CT molecular complexity index is 308. The Balaban J connectivity index is 2.21. The van der Waals surface area contributed by atoms with Gasteiger partial charge < -0.3 is 10.6 Å². The molecular formula is C8H10N2OS. The molecule has 2 heterocycles. The van der Waals surface area contributed by atoms with Crippen LogP contribution in [0.3, 0.4) is 0 Å². The fourth-order valence-electron chi connectivity index (χ4n) is 1.35. The van der Waals surface area contributed by atoms with Crippen molar-refractivity contribution in [2.45, 2.75) is 13.0 Å². The SMILES string of the molecule is Cc1ccsc1[C@H]1CNC(=O)N1. The second-order valence-corrected chi connectivity index (χ2v) is 3.82. The third-order valence-electron chi connectivity index (χ3n) is 1.99. The van der Waals surface area contributed by atoms with Crippen LogP contribution in [0, 0.1) is 6.92 Å². The van der Waals surface area contributed by atoms with Gasteiger partial charge in [0.2, 0.25) is 0 Å². The van der Waals surface area contributed by atoms with Gasteiger partial charge in [-0.2, -0.15) is 0 Å². The third-order valence-corrected chi connectivity index (χ3v) is 3.12. The van der Waals surface area contributed by atoms with Crippen LogP contribution in [-0.4, -0.2) is 12.6 Å². The van der Waals surface area contributed by atoms with Crippen LogP contribution >= 0.6 is 11.3 Å². The Morgan fingerprint density at radius 1 is 1.67 bits per heavy atom. The Morgan fingerprint density at radius 2 is 2.50 bits per heavy atom. The second-order valence-electron chi connectivity index (χ2n) is 2.87. The minimum atomic E-state index is -0.0622. The molecule has 3 nitrogen and oxygen atoms in total. The number of nitrogens with one attached hydrogen (secondary N) is 2. The molecule has 0 aliphatic carbocycles. The normalized spacial score (nSPS) is 22.1. The van der Waals surface area contributed by atoms with Crippen molar-refractivity contribution >= 4 is 17.4 Å². The van der Waals surface area contributed by atoms with E-state index < -0.39 is 0 Å². The van der Waals surface area contributed by atoms with Gasteiger partial charge in [0.15, 0.2) is 0 Å². The standard InChI is InChI=1S/C8H10N2OS/c1-5-2-3-12-7(5)6-4-9-8(11)10-6/h2-3,6H,4H2,1H3,(H2,9,10,11)/t6-/m1/s1. The summed E-state index contributed by atoms with van der Waals surface area (Å²) >= 11 is 1.69. The van der Waals surface area contributed by atoms with Crippen LogP contribution in [0.4, 0.5) is 4.79 Å². The van der Waals surface area contributed by atoms with E-state index in [1.54, 1.807) is 11.3 Å². The molecule has 0 bridgehead atoms. The summed E-state index contributed by atoms with van der Waals surface area (Å²) in [4.78, 5) is 12.1. The van der Waals surface area contributed by atoms with Crippen LogP contribution in [0.15, 0.2) is 11.4 Å². The number of thiophene rings is 1. The van der Waals surface area contributed by atoms with E-state index in [0.717, 1.165) is 0 Å². The summed E-state index contributed by atoms with van der Waals surface area (Å²) in [6, 6.07) is 2.19. The first-order valence-electron chi connectivity index (χ1n) is 3.86. The fraction of sp³-hybridized carbons (Fsp3) is 0.375. The van der Waals surface area contributed by atoms with Crippen molar-refractivity contribution in [2.75, 3.05) is 6.54 Å². The number of rotatable bonds is 1. The second kappa shape index (κ2) is 2.79. The lowest BCUT2D eigenvalue weighted by molar-refractivity contribution is 0.247. The highest BCUT2D eigenvalue weighted by atomic mass is 32.1. The van der Waals surface area contributed by atoms with Gasteiger partial charge in [-0.15, -0.1) is 11.3 Å². The van der Waals surface area contributed by atoms with Gasteiger partial charge in [0.1, 0.15) is 0 Å². The Hall–Kier alpha value is -1.03. The highest BCUT2D eigenvalue weighted by Crippen LogP contribution is 2.24. The van der Waals surface area contributed by atoms with Crippen molar-refractivity contribution in [3.05, 3.63) is 21.9 Å². The molecule has 1 aromatic rings. The van der Waals surface area contributed by atoms with Crippen molar-refractivity contribution in [3.63, 3.8) is 0 Å². The number of carbonyl (C=O) groups is 1. The van der Waals surface area contributed by atoms with E-state index in [0.29, 0.717) is 6.54 Å². The molecule has 1 aliphatic rings. The maximum Gasteiger partial charge on any atom is 0.315 e. The van der Waals surface area contributed by atoms with Crippen LogP contribution < -0.4 is 10.6 Å². The van der Waals surface area contributed by atoms with Crippen molar-refractivity contribution in [1.82, 2.24) is 10.6 Å². The summed E-state index contributed by atoms with van der Waals surface area (Å²) in [5, 5.41) is 7.65. The number of hydrogen-bond acceptors (Lipinski definition) is 2. The van der Waals surface area contributed by atoms with Crippen LogP contribution in [0.25, 0.3) is 0 Å². The van der Waals surface area contributed by atoms with Crippen LogP contribution in [0.2, 0.25) is 0 Å². The molecular weight excluding hydrogens is 172 g/mol. The molecule has 0 aromatic carbocycles. The van der Waals surface area contributed by atoms with Gasteiger partial charge in [-0.1, -0.05) is 0 Å². The highest BCUT2D eigenvalue weighted by molar-refractivity contribution is 7.10. The molecule has 2 N–H and O–H groups in total. The van der Waals surface area contributed by atoms with Crippen LogP contribution in [0.1, 0.15) is 16.5 Å². The van der Waals surface area contributed by atoms with Gasteiger partial charge in [0.05, 0.1) is 6.04 Å². The van der Waals surface area contributed by atoms with E-state index in [4.69, 9.17) is 0 Å². The predicted octanol–water partition coefficient (Wildman–Crippen LogP) is 1.41. The van der Waals surface area contributed by atoms with Gasteiger partial charge in [0, 0.05) is 11.4 Å². The quantitative estimate of drug-likeness (QED) is 0.677. The molecule has 1 atom stereocenters. The van der Waals surface area contributed by atoms with Crippen LogP contribution in [-0.2, 0) is 0 Å². The van der Waals surface area contributed by atoms with Gasteiger partial charge in [-0.25, -0.2) is 4.79 Å². The summed E-state index contributed by atoms with van der Waals surface area (Å²) in [5.74, 6) is 0. The number of amides is 2. The fourth-order valence-corrected chi connectivity index (χ4v) is 2.33. The molecule has 1 saturated heterocycles. The molecule has 0 unspecified atom stereocenters. The number of carbonyl (C=O) groups excluding carboxylic acids is 1. The van der Waals surface area contributed by atoms with E-state index >= 15 is 0 Å². The molecule has 2 rings (SSSR count). The average Bonchev–Trinajstić information content (AvgIpc) is 2.58. The maximum atomic E-state index is 10.8. The van der Waals surface area contributed by atoms with Crippen molar-refractivity contribution < 1.29 is 4.79 Å². The van der Waals surface area contributed by atoms with E-state index in [1.807, 2.05) is 0 Å². The van der Waals surface area contributed by atoms with Crippen LogP contribution in [0.5, 0.6) is 0 Å². The molecule has 0 spiro atoms. The average molecular weight is 182 g/mol. The molecule has 1 aromatic heterocycles. The van der Waals surface area contributed by atoms with E-state index in [1.165, 1.54) is 10.4 Å². The van der Waals surface area contributed by atoms with E-state index in [2.05, 4.69) is 29.0 Å². The van der Waals surface area contributed by atoms with Gasteiger partial charge in [0.25, 0.3) is 0 Å². The smallest absolute Gasteiger partial charge is 0.315 e. The van der Waals surface area contributed by atoms with Gasteiger partial charge in [-0.05, 0) is 23.9 Å². The number of aryl methyl sites for hydroxylation is 1. The molecule has 12 heavy (non-hydrogen) atoms. The van der Waals surface area contributed by atoms with E-state index in [9.17, 15) is 4.79 Å². The summed E-state index contributed by atoms with van der Waals surface area (Å²) in [7, 11) is 0. The molecule has 0 saturated carbocycles. The first-order valence-corrected chi connectivity index (χ1v) is 4.73.